The Kier molecular flexibility index (Phi) is 8.00. The largest absolute Gasteiger partial charge is 0.497 e. The molecule has 31 heavy (non-hydrogen) atoms. The quantitative estimate of drug-likeness (QED) is 0.665. The summed E-state index contributed by atoms with van der Waals surface area (Å²) in [6.45, 7) is 1.64. The van der Waals surface area contributed by atoms with Gasteiger partial charge >= 0.3 is 6.03 Å². The maximum Gasteiger partial charge on any atom is 0.321 e. The van der Waals surface area contributed by atoms with Crippen LogP contribution in [0.5, 0.6) is 11.5 Å². The molecule has 1 heterocycles. The van der Waals surface area contributed by atoms with Crippen molar-refractivity contribution < 1.29 is 19.1 Å². The Balaban J connectivity index is 1.42. The number of halogens is 1. The maximum absolute atomic E-state index is 12.4. The summed E-state index contributed by atoms with van der Waals surface area (Å²) in [5.74, 6) is 1.64. The van der Waals surface area contributed by atoms with Gasteiger partial charge in [-0.2, -0.15) is 0 Å². The lowest BCUT2D eigenvalue weighted by molar-refractivity contribution is -0.122. The fourth-order valence-corrected chi connectivity index (χ4v) is 3.83. The van der Waals surface area contributed by atoms with Gasteiger partial charge in [-0.25, -0.2) is 4.79 Å². The average Bonchev–Trinajstić information content (AvgIpc) is 2.78. The fraction of sp³-hybridized carbons (Fsp3) is 0.391. The maximum atomic E-state index is 12.4. The third-order valence-corrected chi connectivity index (χ3v) is 5.66. The van der Waals surface area contributed by atoms with E-state index in [1.165, 1.54) is 0 Å². The second-order valence-electron chi connectivity index (χ2n) is 7.53. The molecule has 0 bridgehead atoms. The van der Waals surface area contributed by atoms with Crippen molar-refractivity contribution in [1.29, 1.82) is 0 Å². The predicted octanol–water partition coefficient (Wildman–Crippen LogP) is 4.31. The van der Waals surface area contributed by atoms with Crippen LogP contribution in [0.4, 0.5) is 10.5 Å². The molecule has 1 saturated heterocycles. The van der Waals surface area contributed by atoms with Gasteiger partial charge in [0.1, 0.15) is 11.5 Å². The van der Waals surface area contributed by atoms with Crippen LogP contribution in [0, 0.1) is 5.92 Å². The highest BCUT2D eigenvalue weighted by molar-refractivity contribution is 6.30. The van der Waals surface area contributed by atoms with Gasteiger partial charge in [0.2, 0.25) is 5.91 Å². The summed E-state index contributed by atoms with van der Waals surface area (Å²) >= 11 is 5.96. The smallest absolute Gasteiger partial charge is 0.321 e. The molecule has 0 saturated carbocycles. The third kappa shape index (κ3) is 6.52. The van der Waals surface area contributed by atoms with Crippen LogP contribution in [0.15, 0.2) is 42.5 Å². The molecule has 3 rings (SSSR count). The normalized spacial score (nSPS) is 14.1. The molecule has 0 radical (unpaired) electrons. The number of carbonyl (C=O) groups excluding carboxylic acids is 2. The highest BCUT2D eigenvalue weighted by Crippen LogP contribution is 2.25. The summed E-state index contributed by atoms with van der Waals surface area (Å²) < 4.78 is 10.6. The van der Waals surface area contributed by atoms with E-state index in [0.29, 0.717) is 48.3 Å². The van der Waals surface area contributed by atoms with Crippen LogP contribution < -0.4 is 20.1 Å². The summed E-state index contributed by atoms with van der Waals surface area (Å²) in [6.07, 6.45) is 2.03. The summed E-state index contributed by atoms with van der Waals surface area (Å²) in [5.41, 5.74) is 1.57. The molecule has 1 fully saturated rings. The van der Waals surface area contributed by atoms with Gasteiger partial charge < -0.3 is 25.0 Å². The molecule has 7 nitrogen and oxygen atoms in total. The lowest BCUT2D eigenvalue weighted by atomic mass is 9.93. The van der Waals surface area contributed by atoms with Gasteiger partial charge in [-0.3, -0.25) is 4.79 Å². The van der Waals surface area contributed by atoms with Gasteiger partial charge in [0, 0.05) is 48.4 Å². The first-order valence-electron chi connectivity index (χ1n) is 10.3. The molecule has 1 aliphatic rings. The number of anilines is 1. The van der Waals surface area contributed by atoms with Crippen LogP contribution >= 0.6 is 11.6 Å². The predicted molar refractivity (Wildman–Crippen MR) is 121 cm³/mol. The number of hydrogen-bond donors (Lipinski definition) is 2. The Hall–Kier alpha value is -2.93. The van der Waals surface area contributed by atoms with Crippen LogP contribution in [0.25, 0.3) is 0 Å². The second-order valence-corrected chi connectivity index (χ2v) is 7.97. The van der Waals surface area contributed by atoms with Crippen LogP contribution in [-0.2, 0) is 11.3 Å². The number of hydrogen-bond acceptors (Lipinski definition) is 4. The number of carbonyl (C=O) groups is 2. The highest BCUT2D eigenvalue weighted by Gasteiger charge is 2.24. The first kappa shape index (κ1) is 22.7. The number of amides is 3. The number of likely N-dealkylation sites (tertiary alicyclic amines) is 1. The van der Waals surface area contributed by atoms with E-state index in [2.05, 4.69) is 10.6 Å². The summed E-state index contributed by atoms with van der Waals surface area (Å²) in [6, 6.07) is 12.5. The van der Waals surface area contributed by atoms with Crippen molar-refractivity contribution in [2.24, 2.45) is 5.92 Å². The van der Waals surface area contributed by atoms with Crippen molar-refractivity contribution >= 4 is 29.2 Å². The van der Waals surface area contributed by atoms with E-state index >= 15 is 0 Å². The summed E-state index contributed by atoms with van der Waals surface area (Å²) in [4.78, 5) is 26.6. The lowest BCUT2D eigenvalue weighted by Gasteiger charge is -2.31. The fourth-order valence-electron chi connectivity index (χ4n) is 3.64. The molecule has 0 spiro atoms. The van der Waals surface area contributed by atoms with E-state index in [4.69, 9.17) is 21.1 Å². The topological polar surface area (TPSA) is 79.9 Å². The number of nitrogens with one attached hydrogen (secondary N) is 2. The number of methoxy groups -OCH3 is 2. The Morgan fingerprint density at radius 3 is 2.55 bits per heavy atom. The molecule has 8 heteroatoms. The molecular formula is C23H28ClN3O4. The van der Waals surface area contributed by atoms with Crippen LogP contribution in [0.3, 0.4) is 0 Å². The number of benzene rings is 2. The molecule has 2 aromatic rings. The molecule has 2 N–H and O–H groups in total. The number of urea groups is 1. The van der Waals surface area contributed by atoms with Crippen molar-refractivity contribution in [3.8, 4) is 11.5 Å². The van der Waals surface area contributed by atoms with Gasteiger partial charge in [-0.1, -0.05) is 17.7 Å². The minimum absolute atomic E-state index is 0.000278. The monoisotopic (exact) mass is 445 g/mol. The minimum atomic E-state index is -0.142. The van der Waals surface area contributed by atoms with Gasteiger partial charge in [-0.05, 0) is 49.1 Å². The van der Waals surface area contributed by atoms with Crippen molar-refractivity contribution in [3.05, 3.63) is 53.1 Å². The molecular weight excluding hydrogens is 418 g/mol. The molecule has 2 aromatic carbocycles. The molecule has 166 valence electrons. The number of ether oxygens (including phenoxy) is 2. The first-order chi connectivity index (χ1) is 15.0. The average molecular weight is 446 g/mol. The van der Waals surface area contributed by atoms with Crippen LogP contribution in [-0.4, -0.2) is 44.1 Å². The zero-order valence-electron chi connectivity index (χ0n) is 17.8. The summed E-state index contributed by atoms with van der Waals surface area (Å²) in [7, 11) is 3.19. The molecule has 3 amide bonds. The zero-order valence-corrected chi connectivity index (χ0v) is 18.6. The van der Waals surface area contributed by atoms with Crippen LogP contribution in [0.1, 0.15) is 24.8 Å². The van der Waals surface area contributed by atoms with Crippen molar-refractivity contribution in [1.82, 2.24) is 10.2 Å². The van der Waals surface area contributed by atoms with Crippen molar-refractivity contribution in [3.63, 3.8) is 0 Å². The molecule has 0 aromatic heterocycles. The second kappa shape index (κ2) is 10.9. The zero-order chi connectivity index (χ0) is 22.2. The standard InChI is InChI=1S/C23H28ClN3O4/c1-30-20-7-6-17(21(14-20)31-2)15-25-22(28)12-16-8-10-27(11-9-16)23(29)26-19-5-3-4-18(24)13-19/h3-7,13-14,16H,8-12,15H2,1-2H3,(H,25,28)(H,26,29). The van der Waals surface area contributed by atoms with E-state index in [-0.39, 0.29) is 17.9 Å². The number of piperidine rings is 1. The molecule has 0 aliphatic carbocycles. The first-order valence-corrected chi connectivity index (χ1v) is 10.7. The molecule has 0 atom stereocenters. The molecule has 0 unspecified atom stereocenters. The van der Waals surface area contributed by atoms with Gasteiger partial charge in [-0.15, -0.1) is 0 Å². The van der Waals surface area contributed by atoms with E-state index < -0.39 is 0 Å². The Labute approximate surface area is 187 Å². The molecule has 1 aliphatic heterocycles. The SMILES string of the molecule is COc1ccc(CNC(=O)CC2CCN(C(=O)Nc3cccc(Cl)c3)CC2)c(OC)c1. The van der Waals surface area contributed by atoms with Gasteiger partial charge in [0.15, 0.2) is 0 Å². The van der Waals surface area contributed by atoms with E-state index in [1.807, 2.05) is 12.1 Å². The highest BCUT2D eigenvalue weighted by atomic mass is 35.5. The summed E-state index contributed by atoms with van der Waals surface area (Å²) in [5, 5.41) is 6.41. The van der Waals surface area contributed by atoms with Gasteiger partial charge in [0.05, 0.1) is 14.2 Å². The minimum Gasteiger partial charge on any atom is -0.497 e. The lowest BCUT2D eigenvalue weighted by Crippen LogP contribution is -2.41. The van der Waals surface area contributed by atoms with Crippen LogP contribution in [0.2, 0.25) is 5.02 Å². The van der Waals surface area contributed by atoms with Crippen molar-refractivity contribution in [2.75, 3.05) is 32.6 Å². The van der Waals surface area contributed by atoms with E-state index in [9.17, 15) is 9.59 Å². The Morgan fingerprint density at radius 2 is 1.87 bits per heavy atom. The van der Waals surface area contributed by atoms with Crippen molar-refractivity contribution in [2.45, 2.75) is 25.8 Å². The van der Waals surface area contributed by atoms with E-state index in [0.717, 1.165) is 18.4 Å². The Morgan fingerprint density at radius 1 is 1.10 bits per heavy atom. The van der Waals surface area contributed by atoms with E-state index in [1.54, 1.807) is 49.5 Å². The Bertz CT molecular complexity index is 913. The van der Waals surface area contributed by atoms with Gasteiger partial charge in [0.25, 0.3) is 0 Å². The number of nitrogens with zero attached hydrogens (tertiary/aromatic N) is 1. The third-order valence-electron chi connectivity index (χ3n) is 5.42. The number of rotatable bonds is 7.